The molecular formula is C21H23N5O4S. The number of rotatable bonds is 4. The number of nitrogens with two attached hydrogens (primary N) is 1. The molecule has 0 spiro atoms. The minimum atomic E-state index is -3.91. The van der Waals surface area contributed by atoms with Crippen molar-refractivity contribution >= 4 is 15.9 Å². The number of piperidine rings is 1. The zero-order chi connectivity index (χ0) is 22.2. The Labute approximate surface area is 180 Å². The van der Waals surface area contributed by atoms with Gasteiger partial charge in [0.25, 0.3) is 5.91 Å². The molecule has 1 amide bonds. The topological polar surface area (TPSA) is 132 Å². The van der Waals surface area contributed by atoms with Crippen LogP contribution in [0.3, 0.4) is 0 Å². The highest BCUT2D eigenvalue weighted by atomic mass is 32.2. The summed E-state index contributed by atoms with van der Waals surface area (Å²) in [7, 11) is -3.91. The second-order valence-electron chi connectivity index (χ2n) is 7.80. The number of sulfonamides is 1. The van der Waals surface area contributed by atoms with Crippen LogP contribution in [0.5, 0.6) is 0 Å². The van der Waals surface area contributed by atoms with E-state index in [4.69, 9.17) is 9.66 Å². The van der Waals surface area contributed by atoms with E-state index in [1.165, 1.54) is 12.3 Å². The quantitative estimate of drug-likeness (QED) is 0.658. The van der Waals surface area contributed by atoms with Crippen LogP contribution in [-0.2, 0) is 10.0 Å². The van der Waals surface area contributed by atoms with E-state index < -0.39 is 10.0 Å². The van der Waals surface area contributed by atoms with Crippen LogP contribution in [0.1, 0.15) is 52.7 Å². The number of hydrogen-bond donors (Lipinski definition) is 1. The molecule has 1 atom stereocenters. The lowest BCUT2D eigenvalue weighted by Gasteiger charge is -2.33. The summed E-state index contributed by atoms with van der Waals surface area (Å²) >= 11 is 0. The van der Waals surface area contributed by atoms with Gasteiger partial charge in [-0.15, -0.1) is 0 Å². The number of benzene rings is 1. The largest absolute Gasteiger partial charge is 0.337 e. The average molecular weight is 442 g/mol. The van der Waals surface area contributed by atoms with E-state index in [0.29, 0.717) is 30.0 Å². The lowest BCUT2D eigenvalue weighted by atomic mass is 9.99. The number of hydrogen-bond acceptors (Lipinski definition) is 7. The highest BCUT2D eigenvalue weighted by Crippen LogP contribution is 2.32. The fraction of sp³-hybridized carbons (Fsp3) is 0.333. The number of nitrogens with zero attached hydrogens (tertiary/aromatic N) is 4. The Hall–Kier alpha value is -3.11. The minimum absolute atomic E-state index is 0.0749. The third-order valence-corrected chi connectivity index (χ3v) is 6.14. The van der Waals surface area contributed by atoms with Gasteiger partial charge >= 0.3 is 0 Å². The van der Waals surface area contributed by atoms with Crippen LogP contribution < -0.4 is 5.14 Å². The second-order valence-corrected chi connectivity index (χ2v) is 9.36. The summed E-state index contributed by atoms with van der Waals surface area (Å²) in [5.74, 6) is 0.431. The van der Waals surface area contributed by atoms with E-state index in [0.717, 1.165) is 30.2 Å². The molecule has 1 saturated heterocycles. The van der Waals surface area contributed by atoms with Gasteiger partial charge in [0, 0.05) is 30.1 Å². The lowest BCUT2D eigenvalue weighted by molar-refractivity contribution is 0.0561. The SMILES string of the molecule is Cc1cc(C)cc(C(=O)N2CCCCC2c2nc(-c3cncc(S(N)(=O)=O)c3)no2)c1. The molecule has 0 saturated carbocycles. The lowest BCUT2D eigenvalue weighted by Crippen LogP contribution is -2.38. The first kappa shape index (κ1) is 21.1. The van der Waals surface area contributed by atoms with Crippen molar-refractivity contribution in [2.24, 2.45) is 5.14 Å². The minimum Gasteiger partial charge on any atom is -0.337 e. The summed E-state index contributed by atoms with van der Waals surface area (Å²) in [6.45, 7) is 4.52. The highest BCUT2D eigenvalue weighted by molar-refractivity contribution is 7.89. The summed E-state index contributed by atoms with van der Waals surface area (Å²) in [5, 5.41) is 9.16. The Balaban J connectivity index is 1.64. The second kappa shape index (κ2) is 8.20. The number of aryl methyl sites for hydroxylation is 2. The number of pyridine rings is 1. The van der Waals surface area contributed by atoms with Crippen LogP contribution in [0.15, 0.2) is 46.1 Å². The molecule has 1 aliphatic rings. The zero-order valence-electron chi connectivity index (χ0n) is 17.3. The van der Waals surface area contributed by atoms with E-state index in [9.17, 15) is 13.2 Å². The number of primary sulfonamides is 1. The highest BCUT2D eigenvalue weighted by Gasteiger charge is 2.33. The van der Waals surface area contributed by atoms with Gasteiger partial charge in [0.05, 0.1) is 0 Å². The summed E-state index contributed by atoms with van der Waals surface area (Å²) in [6, 6.07) is 6.78. The maximum atomic E-state index is 13.3. The summed E-state index contributed by atoms with van der Waals surface area (Å²) < 4.78 is 28.7. The van der Waals surface area contributed by atoms with Crippen LogP contribution in [0, 0.1) is 13.8 Å². The van der Waals surface area contributed by atoms with Crippen molar-refractivity contribution in [1.82, 2.24) is 20.0 Å². The predicted octanol–water partition coefficient (Wildman–Crippen LogP) is 2.76. The van der Waals surface area contributed by atoms with Gasteiger partial charge < -0.3 is 9.42 Å². The number of aromatic nitrogens is 3. The first-order chi connectivity index (χ1) is 14.7. The van der Waals surface area contributed by atoms with Crippen molar-refractivity contribution in [2.45, 2.75) is 44.0 Å². The number of amides is 1. The fourth-order valence-electron chi connectivity index (χ4n) is 3.88. The van der Waals surface area contributed by atoms with Crippen LogP contribution in [0.25, 0.3) is 11.4 Å². The van der Waals surface area contributed by atoms with Gasteiger partial charge in [-0.25, -0.2) is 13.6 Å². The first-order valence-corrected chi connectivity index (χ1v) is 11.5. The average Bonchev–Trinajstić information content (AvgIpc) is 3.22. The maximum Gasteiger partial charge on any atom is 0.254 e. The van der Waals surface area contributed by atoms with Gasteiger partial charge in [-0.2, -0.15) is 4.98 Å². The first-order valence-electron chi connectivity index (χ1n) is 9.93. The molecule has 9 nitrogen and oxygen atoms in total. The van der Waals surface area contributed by atoms with Gasteiger partial charge in [-0.05, 0) is 51.3 Å². The molecule has 1 unspecified atom stereocenters. The molecule has 3 aromatic rings. The van der Waals surface area contributed by atoms with Gasteiger partial charge in [0.1, 0.15) is 10.9 Å². The Morgan fingerprint density at radius 3 is 2.58 bits per heavy atom. The molecule has 0 radical (unpaired) electrons. The van der Waals surface area contributed by atoms with Crippen LogP contribution in [-0.4, -0.2) is 40.9 Å². The van der Waals surface area contributed by atoms with Crippen molar-refractivity contribution in [3.8, 4) is 11.4 Å². The molecule has 31 heavy (non-hydrogen) atoms. The van der Waals surface area contributed by atoms with Gasteiger partial charge in [0.15, 0.2) is 0 Å². The van der Waals surface area contributed by atoms with Crippen molar-refractivity contribution in [2.75, 3.05) is 6.54 Å². The molecule has 10 heteroatoms. The van der Waals surface area contributed by atoms with Gasteiger partial charge in [-0.3, -0.25) is 9.78 Å². The number of likely N-dealkylation sites (tertiary alicyclic amines) is 1. The van der Waals surface area contributed by atoms with E-state index in [1.807, 2.05) is 32.0 Å². The molecule has 0 bridgehead atoms. The summed E-state index contributed by atoms with van der Waals surface area (Å²) in [5.41, 5.74) is 3.05. The monoisotopic (exact) mass is 441 g/mol. The van der Waals surface area contributed by atoms with E-state index in [2.05, 4.69) is 15.1 Å². The standard InChI is InChI=1S/C21H23N5O4S/c1-13-7-14(2)9-15(8-13)21(27)26-6-4-3-5-18(26)20-24-19(25-30-20)16-10-17(12-23-11-16)31(22,28)29/h7-12,18H,3-6H2,1-2H3,(H2,22,28,29). The molecular weight excluding hydrogens is 418 g/mol. The normalized spacial score (nSPS) is 17.0. The smallest absolute Gasteiger partial charge is 0.254 e. The molecule has 4 rings (SSSR count). The maximum absolute atomic E-state index is 13.3. The Bertz CT molecular complexity index is 1220. The predicted molar refractivity (Wildman–Crippen MR) is 112 cm³/mol. The van der Waals surface area contributed by atoms with Crippen molar-refractivity contribution in [1.29, 1.82) is 0 Å². The van der Waals surface area contributed by atoms with E-state index in [-0.39, 0.29) is 22.7 Å². The van der Waals surface area contributed by atoms with Crippen molar-refractivity contribution in [3.63, 3.8) is 0 Å². The molecule has 1 aromatic carbocycles. The Morgan fingerprint density at radius 2 is 1.87 bits per heavy atom. The van der Waals surface area contributed by atoms with Crippen LogP contribution in [0.2, 0.25) is 0 Å². The van der Waals surface area contributed by atoms with Crippen LogP contribution in [0.4, 0.5) is 0 Å². The number of carbonyl (C=O) groups is 1. The zero-order valence-corrected chi connectivity index (χ0v) is 18.1. The molecule has 0 aliphatic carbocycles. The molecule has 3 heterocycles. The molecule has 2 aromatic heterocycles. The van der Waals surface area contributed by atoms with E-state index in [1.54, 1.807) is 4.90 Å². The van der Waals surface area contributed by atoms with Crippen LogP contribution >= 0.6 is 0 Å². The van der Waals surface area contributed by atoms with Crippen molar-refractivity contribution < 1.29 is 17.7 Å². The molecule has 1 aliphatic heterocycles. The molecule has 2 N–H and O–H groups in total. The third kappa shape index (κ3) is 4.49. The number of carbonyl (C=O) groups excluding carboxylic acids is 1. The molecule has 162 valence electrons. The van der Waals surface area contributed by atoms with E-state index >= 15 is 0 Å². The molecule has 1 fully saturated rings. The Kier molecular flexibility index (Phi) is 5.59. The van der Waals surface area contributed by atoms with Gasteiger partial charge in [0.2, 0.25) is 21.7 Å². The van der Waals surface area contributed by atoms with Gasteiger partial charge in [-0.1, -0.05) is 22.3 Å². The Morgan fingerprint density at radius 1 is 1.13 bits per heavy atom. The summed E-state index contributed by atoms with van der Waals surface area (Å²) in [6.07, 6.45) is 5.12. The third-order valence-electron chi connectivity index (χ3n) is 5.26. The van der Waals surface area contributed by atoms with Crippen molar-refractivity contribution in [3.05, 3.63) is 59.2 Å². The fourth-order valence-corrected chi connectivity index (χ4v) is 4.38. The summed E-state index contributed by atoms with van der Waals surface area (Å²) in [4.78, 5) is 23.2.